The average molecular weight is 323 g/mol. The number of hydrogen-bond acceptors (Lipinski definition) is 5. The average Bonchev–Trinajstić information content (AvgIpc) is 2.91. The summed E-state index contributed by atoms with van der Waals surface area (Å²) in [5.41, 5.74) is 5.42. The number of rotatable bonds is 4. The Bertz CT molecular complexity index is 937. The second-order valence-corrected chi connectivity index (χ2v) is 6.57. The predicted octanol–water partition coefficient (Wildman–Crippen LogP) is 3.50. The van der Waals surface area contributed by atoms with Gasteiger partial charge in [0.15, 0.2) is 0 Å². The molecule has 0 atom stereocenters. The molecule has 0 fully saturated rings. The highest BCUT2D eigenvalue weighted by Crippen LogP contribution is 2.48. The van der Waals surface area contributed by atoms with Crippen LogP contribution < -0.4 is 10.4 Å². The monoisotopic (exact) mass is 323 g/mol. The largest absolute Gasteiger partial charge is 0.507 e. The molecule has 0 bridgehead atoms. The van der Waals surface area contributed by atoms with E-state index in [4.69, 9.17) is 0 Å². The van der Waals surface area contributed by atoms with Gasteiger partial charge in [-0.25, -0.2) is 0 Å². The molecule has 0 saturated carbocycles. The van der Waals surface area contributed by atoms with Crippen molar-refractivity contribution in [3.8, 4) is 11.5 Å². The Hall–Kier alpha value is -2.66. The fourth-order valence-electron chi connectivity index (χ4n) is 3.49. The molecule has 0 saturated heterocycles. The molecule has 124 valence electrons. The van der Waals surface area contributed by atoms with Gasteiger partial charge < -0.3 is 15.1 Å². The smallest absolute Gasteiger partial charge is 0.125 e. The zero-order chi connectivity index (χ0) is 16.8. The number of fused-ring (bicyclic) bond motifs is 2. The maximum absolute atomic E-state index is 10.3. The molecule has 24 heavy (non-hydrogen) atoms. The summed E-state index contributed by atoms with van der Waals surface area (Å²) in [4.78, 5) is 2.17. The van der Waals surface area contributed by atoms with Crippen LogP contribution in [0.25, 0.3) is 21.5 Å². The molecular weight excluding hydrogens is 302 g/mol. The van der Waals surface area contributed by atoms with Gasteiger partial charge in [-0.05, 0) is 56.7 Å². The fourth-order valence-corrected chi connectivity index (χ4v) is 3.49. The highest BCUT2D eigenvalue weighted by molar-refractivity contribution is 6.21. The number of aromatic hydroxyl groups is 2. The highest BCUT2D eigenvalue weighted by Gasteiger charge is 2.25. The molecule has 1 heterocycles. The number of nitrogens with zero attached hydrogens (tertiary/aromatic N) is 2. The second-order valence-electron chi connectivity index (χ2n) is 6.57. The van der Waals surface area contributed by atoms with Crippen molar-refractivity contribution >= 4 is 32.9 Å². The molecule has 0 aromatic heterocycles. The van der Waals surface area contributed by atoms with Gasteiger partial charge in [0.05, 0.1) is 16.8 Å². The summed E-state index contributed by atoms with van der Waals surface area (Å²) in [6.45, 7) is 1.88. The molecule has 0 spiro atoms. The standard InChI is InChI=1S/C19H21N3O2/c1-21(2)9-4-10-22-14-6-3-5-12-11-13-15(23)7-8-16(24)18(13)19(20-22)17(12)14/h3,5-8,11,20,23-24H,4,9-10H2,1-2H3. The van der Waals surface area contributed by atoms with Gasteiger partial charge in [-0.2, -0.15) is 0 Å². The number of phenolic OH excluding ortho intramolecular Hbond substituents is 2. The summed E-state index contributed by atoms with van der Waals surface area (Å²) in [7, 11) is 4.14. The van der Waals surface area contributed by atoms with Crippen LogP contribution in [0.15, 0.2) is 36.4 Å². The van der Waals surface area contributed by atoms with Crippen molar-refractivity contribution in [3.63, 3.8) is 0 Å². The van der Waals surface area contributed by atoms with Crippen LogP contribution >= 0.6 is 0 Å². The SMILES string of the molecule is CN(C)CCCN1Nc2c3c1cccc3cc1c(O)ccc(O)c21. The summed E-state index contributed by atoms with van der Waals surface area (Å²) >= 11 is 0. The topological polar surface area (TPSA) is 59.0 Å². The van der Waals surface area contributed by atoms with E-state index in [1.165, 1.54) is 6.07 Å². The van der Waals surface area contributed by atoms with Crippen LogP contribution in [0.4, 0.5) is 11.4 Å². The first kappa shape index (κ1) is 14.9. The zero-order valence-electron chi connectivity index (χ0n) is 13.9. The predicted molar refractivity (Wildman–Crippen MR) is 98.9 cm³/mol. The Morgan fingerprint density at radius 3 is 2.62 bits per heavy atom. The van der Waals surface area contributed by atoms with E-state index in [0.717, 1.165) is 41.7 Å². The van der Waals surface area contributed by atoms with Crippen molar-refractivity contribution in [1.29, 1.82) is 0 Å². The maximum atomic E-state index is 10.3. The first-order valence-corrected chi connectivity index (χ1v) is 8.15. The summed E-state index contributed by atoms with van der Waals surface area (Å²) in [6.07, 6.45) is 1.03. The van der Waals surface area contributed by atoms with E-state index in [0.29, 0.717) is 10.8 Å². The van der Waals surface area contributed by atoms with Crippen molar-refractivity contribution in [3.05, 3.63) is 36.4 Å². The van der Waals surface area contributed by atoms with E-state index < -0.39 is 0 Å². The third-order valence-electron chi connectivity index (χ3n) is 4.60. The minimum Gasteiger partial charge on any atom is -0.507 e. The van der Waals surface area contributed by atoms with Gasteiger partial charge in [0, 0.05) is 17.3 Å². The van der Waals surface area contributed by atoms with Gasteiger partial charge in [0.25, 0.3) is 0 Å². The Balaban J connectivity index is 1.86. The minimum atomic E-state index is 0.178. The van der Waals surface area contributed by atoms with Crippen LogP contribution in [0, 0.1) is 0 Å². The summed E-state index contributed by atoms with van der Waals surface area (Å²) < 4.78 is 0. The van der Waals surface area contributed by atoms with Gasteiger partial charge >= 0.3 is 0 Å². The van der Waals surface area contributed by atoms with E-state index in [1.807, 2.05) is 18.2 Å². The lowest BCUT2D eigenvalue weighted by Crippen LogP contribution is -2.29. The first-order chi connectivity index (χ1) is 11.6. The second kappa shape index (κ2) is 5.46. The first-order valence-electron chi connectivity index (χ1n) is 8.15. The molecular formula is C19H21N3O2. The lowest BCUT2D eigenvalue weighted by atomic mass is 9.99. The van der Waals surface area contributed by atoms with E-state index >= 15 is 0 Å². The van der Waals surface area contributed by atoms with Gasteiger partial charge in [-0.1, -0.05) is 12.1 Å². The number of anilines is 2. The molecule has 1 aliphatic rings. The molecule has 5 heteroatoms. The van der Waals surface area contributed by atoms with Crippen molar-refractivity contribution < 1.29 is 10.2 Å². The van der Waals surface area contributed by atoms with E-state index in [1.54, 1.807) is 6.07 Å². The van der Waals surface area contributed by atoms with Crippen LogP contribution in [0.3, 0.4) is 0 Å². The third-order valence-corrected chi connectivity index (χ3v) is 4.60. The van der Waals surface area contributed by atoms with Crippen molar-refractivity contribution in [2.24, 2.45) is 0 Å². The molecule has 4 rings (SSSR count). The van der Waals surface area contributed by atoms with E-state index in [-0.39, 0.29) is 11.5 Å². The van der Waals surface area contributed by atoms with Crippen molar-refractivity contribution in [2.75, 3.05) is 37.6 Å². The summed E-state index contributed by atoms with van der Waals surface area (Å²) in [5, 5.41) is 26.2. The molecule has 3 N–H and O–H groups in total. The van der Waals surface area contributed by atoms with Gasteiger partial charge in [0.1, 0.15) is 11.5 Å². The maximum Gasteiger partial charge on any atom is 0.125 e. The Labute approximate surface area is 140 Å². The van der Waals surface area contributed by atoms with Crippen LogP contribution in [-0.4, -0.2) is 42.3 Å². The molecule has 5 nitrogen and oxygen atoms in total. The van der Waals surface area contributed by atoms with Crippen molar-refractivity contribution in [1.82, 2.24) is 4.90 Å². The normalized spacial score (nSPS) is 13.2. The molecule has 3 aromatic carbocycles. The Morgan fingerprint density at radius 1 is 1.04 bits per heavy atom. The molecule has 0 amide bonds. The number of phenols is 2. The number of benzene rings is 3. The van der Waals surface area contributed by atoms with Gasteiger partial charge in [-0.3, -0.25) is 10.4 Å². The molecule has 3 aromatic rings. The lowest BCUT2D eigenvalue weighted by Gasteiger charge is -2.21. The molecule has 0 aliphatic carbocycles. The third kappa shape index (κ3) is 2.20. The van der Waals surface area contributed by atoms with Gasteiger partial charge in [0.2, 0.25) is 0 Å². The van der Waals surface area contributed by atoms with Crippen LogP contribution in [0.5, 0.6) is 11.5 Å². The molecule has 0 radical (unpaired) electrons. The number of hydrazine groups is 1. The molecule has 0 unspecified atom stereocenters. The highest BCUT2D eigenvalue weighted by atomic mass is 16.3. The summed E-state index contributed by atoms with van der Waals surface area (Å²) in [6, 6.07) is 11.2. The number of nitrogens with one attached hydrogen (secondary N) is 1. The quantitative estimate of drug-likeness (QED) is 0.507. The fraction of sp³-hybridized carbons (Fsp3) is 0.263. The summed E-state index contributed by atoms with van der Waals surface area (Å²) in [5.74, 6) is 0.358. The molecule has 1 aliphatic heterocycles. The number of hydrogen-bond donors (Lipinski definition) is 3. The van der Waals surface area contributed by atoms with Crippen LogP contribution in [0.1, 0.15) is 6.42 Å². The zero-order valence-corrected chi connectivity index (χ0v) is 13.9. The Kier molecular flexibility index (Phi) is 3.39. The van der Waals surface area contributed by atoms with Crippen LogP contribution in [-0.2, 0) is 0 Å². The van der Waals surface area contributed by atoms with Gasteiger partial charge in [-0.15, -0.1) is 0 Å². The van der Waals surface area contributed by atoms with E-state index in [9.17, 15) is 10.2 Å². The van der Waals surface area contributed by atoms with Crippen molar-refractivity contribution in [2.45, 2.75) is 6.42 Å². The lowest BCUT2D eigenvalue weighted by molar-refractivity contribution is 0.402. The van der Waals surface area contributed by atoms with Crippen LogP contribution in [0.2, 0.25) is 0 Å². The minimum absolute atomic E-state index is 0.178. The Morgan fingerprint density at radius 2 is 1.83 bits per heavy atom. The van der Waals surface area contributed by atoms with E-state index in [2.05, 4.69) is 35.5 Å².